The molecule has 1 aromatic heterocycles. The molecule has 100 valence electrons. The Balaban J connectivity index is 2.11. The molecule has 0 aliphatic carbocycles. The molecule has 2 rings (SSSR count). The van der Waals surface area contributed by atoms with E-state index in [-0.39, 0.29) is 0 Å². The molecule has 5 nitrogen and oxygen atoms in total. The van der Waals surface area contributed by atoms with Crippen LogP contribution in [0.1, 0.15) is 20.8 Å². The summed E-state index contributed by atoms with van der Waals surface area (Å²) < 4.78 is 1.39. The van der Waals surface area contributed by atoms with Gasteiger partial charge in [0.2, 0.25) is 0 Å². The second-order valence-electron chi connectivity index (χ2n) is 5.29. The summed E-state index contributed by atoms with van der Waals surface area (Å²) in [5.74, 6) is -0.489. The van der Waals surface area contributed by atoms with Crippen LogP contribution >= 0.6 is 0 Å². The highest BCUT2D eigenvalue weighted by Gasteiger charge is 2.24. The SMILES string of the molecule is CC(C)(C)C(=O)ONC(=O)n1ccc2ccccc21. The third-order valence-corrected chi connectivity index (χ3v) is 2.66. The van der Waals surface area contributed by atoms with E-state index in [4.69, 9.17) is 4.84 Å². The van der Waals surface area contributed by atoms with E-state index in [2.05, 4.69) is 5.48 Å². The van der Waals surface area contributed by atoms with Gasteiger partial charge in [-0.15, -0.1) is 0 Å². The Morgan fingerprint density at radius 3 is 2.53 bits per heavy atom. The van der Waals surface area contributed by atoms with Crippen molar-refractivity contribution in [2.75, 3.05) is 0 Å². The molecule has 0 atom stereocenters. The van der Waals surface area contributed by atoms with Crippen LogP contribution in [0.5, 0.6) is 0 Å². The summed E-state index contributed by atoms with van der Waals surface area (Å²) in [5.41, 5.74) is 2.25. The van der Waals surface area contributed by atoms with Crippen LogP contribution < -0.4 is 5.48 Å². The molecule has 1 heterocycles. The number of carbonyl (C=O) groups excluding carboxylic acids is 2. The summed E-state index contributed by atoms with van der Waals surface area (Å²) in [6, 6.07) is 8.78. The van der Waals surface area contributed by atoms with Crippen LogP contribution in [0.25, 0.3) is 10.9 Å². The Labute approximate surface area is 111 Å². The minimum atomic E-state index is -0.661. The second-order valence-corrected chi connectivity index (χ2v) is 5.29. The highest BCUT2D eigenvalue weighted by molar-refractivity contribution is 5.91. The molecule has 2 aromatic rings. The molecule has 0 bridgehead atoms. The zero-order chi connectivity index (χ0) is 14.0. The lowest BCUT2D eigenvalue weighted by atomic mass is 9.98. The topological polar surface area (TPSA) is 60.3 Å². The zero-order valence-corrected chi connectivity index (χ0v) is 11.1. The van der Waals surface area contributed by atoms with Gasteiger partial charge in [0.15, 0.2) is 0 Å². The molecule has 0 radical (unpaired) electrons. The fourth-order valence-corrected chi connectivity index (χ4v) is 1.55. The van der Waals surface area contributed by atoms with E-state index in [1.165, 1.54) is 4.57 Å². The first-order chi connectivity index (χ1) is 8.89. The Kier molecular flexibility index (Phi) is 3.29. The van der Waals surface area contributed by atoms with Gasteiger partial charge in [0, 0.05) is 11.6 Å². The predicted molar refractivity (Wildman–Crippen MR) is 71.4 cm³/mol. The summed E-state index contributed by atoms with van der Waals surface area (Å²) in [6.45, 7) is 5.14. The molecule has 0 aliphatic rings. The lowest BCUT2D eigenvalue weighted by Crippen LogP contribution is -2.35. The van der Waals surface area contributed by atoms with Crippen LogP contribution in [0, 0.1) is 5.41 Å². The summed E-state index contributed by atoms with van der Waals surface area (Å²) >= 11 is 0. The van der Waals surface area contributed by atoms with E-state index >= 15 is 0 Å². The molecule has 1 aromatic carbocycles. The van der Waals surface area contributed by atoms with Crippen LogP contribution in [0.2, 0.25) is 0 Å². The summed E-state index contributed by atoms with van der Waals surface area (Å²) in [7, 11) is 0. The highest BCUT2D eigenvalue weighted by Crippen LogP contribution is 2.16. The quantitative estimate of drug-likeness (QED) is 0.741. The summed E-state index contributed by atoms with van der Waals surface area (Å²) in [4.78, 5) is 28.3. The van der Waals surface area contributed by atoms with E-state index in [1.54, 1.807) is 27.0 Å². The number of hydrogen-bond donors (Lipinski definition) is 1. The van der Waals surface area contributed by atoms with E-state index in [1.807, 2.05) is 30.3 Å². The van der Waals surface area contributed by atoms with Crippen LogP contribution in [0.4, 0.5) is 4.79 Å². The largest absolute Gasteiger partial charge is 0.359 e. The first-order valence-corrected chi connectivity index (χ1v) is 5.97. The van der Waals surface area contributed by atoms with Gasteiger partial charge in [-0.25, -0.2) is 9.59 Å². The average molecular weight is 260 g/mol. The smallest absolute Gasteiger partial charge is 0.339 e. The van der Waals surface area contributed by atoms with E-state index < -0.39 is 17.4 Å². The standard InChI is InChI=1S/C14H16N2O3/c1-14(2,3)12(17)19-15-13(18)16-9-8-10-6-4-5-7-11(10)16/h4-9H,1-3H3,(H,15,18). The molecule has 0 saturated heterocycles. The van der Waals surface area contributed by atoms with Gasteiger partial charge in [-0.3, -0.25) is 4.57 Å². The van der Waals surface area contributed by atoms with E-state index in [0.717, 1.165) is 10.9 Å². The van der Waals surface area contributed by atoms with Crippen molar-refractivity contribution in [2.45, 2.75) is 20.8 Å². The van der Waals surface area contributed by atoms with Crippen molar-refractivity contribution >= 4 is 22.9 Å². The number of hydrogen-bond acceptors (Lipinski definition) is 3. The molecule has 19 heavy (non-hydrogen) atoms. The maximum absolute atomic E-state index is 11.9. The van der Waals surface area contributed by atoms with Crippen molar-refractivity contribution in [3.63, 3.8) is 0 Å². The van der Waals surface area contributed by atoms with Crippen molar-refractivity contribution in [3.05, 3.63) is 36.5 Å². The van der Waals surface area contributed by atoms with Gasteiger partial charge in [-0.05, 0) is 32.9 Å². The molecule has 0 fully saturated rings. The van der Waals surface area contributed by atoms with Crippen molar-refractivity contribution < 1.29 is 14.4 Å². The maximum Gasteiger partial charge on any atom is 0.359 e. The van der Waals surface area contributed by atoms with Crippen LogP contribution in [0.15, 0.2) is 36.5 Å². The van der Waals surface area contributed by atoms with Gasteiger partial charge in [-0.2, -0.15) is 5.48 Å². The van der Waals surface area contributed by atoms with Gasteiger partial charge in [-0.1, -0.05) is 18.2 Å². The molecule has 1 N–H and O–H groups in total. The molecule has 0 saturated carbocycles. The number of aromatic nitrogens is 1. The van der Waals surface area contributed by atoms with E-state index in [9.17, 15) is 9.59 Å². The van der Waals surface area contributed by atoms with Crippen LogP contribution in [-0.4, -0.2) is 16.6 Å². The number of nitrogens with one attached hydrogen (secondary N) is 1. The lowest BCUT2D eigenvalue weighted by molar-refractivity contribution is -0.158. The number of para-hydroxylation sites is 1. The third kappa shape index (κ3) is 2.76. The summed E-state index contributed by atoms with van der Waals surface area (Å²) in [6.07, 6.45) is 1.63. The fourth-order valence-electron chi connectivity index (χ4n) is 1.55. The van der Waals surface area contributed by atoms with Gasteiger partial charge in [0.05, 0.1) is 10.9 Å². The van der Waals surface area contributed by atoms with Crippen LogP contribution in [-0.2, 0) is 9.63 Å². The number of amides is 1. The van der Waals surface area contributed by atoms with E-state index in [0.29, 0.717) is 0 Å². The minimum absolute atomic E-state index is 0.489. The molecule has 5 heteroatoms. The van der Waals surface area contributed by atoms with Crippen molar-refractivity contribution in [1.29, 1.82) is 0 Å². The number of hydroxylamine groups is 1. The zero-order valence-electron chi connectivity index (χ0n) is 11.1. The second kappa shape index (κ2) is 4.76. The molecule has 0 spiro atoms. The van der Waals surface area contributed by atoms with Gasteiger partial charge in [0.1, 0.15) is 0 Å². The van der Waals surface area contributed by atoms with Crippen molar-refractivity contribution in [1.82, 2.24) is 10.0 Å². The fraction of sp³-hybridized carbons (Fsp3) is 0.286. The Morgan fingerprint density at radius 2 is 1.84 bits per heavy atom. The van der Waals surface area contributed by atoms with Gasteiger partial charge in [0.25, 0.3) is 0 Å². The predicted octanol–water partition coefficient (Wildman–Crippen LogP) is 2.70. The van der Waals surface area contributed by atoms with Crippen LogP contribution in [0.3, 0.4) is 0 Å². The first kappa shape index (κ1) is 13.1. The molecule has 1 amide bonds. The maximum atomic E-state index is 11.9. The average Bonchev–Trinajstić information content (AvgIpc) is 2.78. The molecular weight excluding hydrogens is 244 g/mol. The minimum Gasteiger partial charge on any atom is -0.339 e. The van der Waals surface area contributed by atoms with Gasteiger partial charge < -0.3 is 4.84 Å². The first-order valence-electron chi connectivity index (χ1n) is 5.97. The normalized spacial score (nSPS) is 11.3. The Hall–Kier alpha value is -2.30. The Morgan fingerprint density at radius 1 is 1.16 bits per heavy atom. The molecular formula is C14H16N2O3. The number of carbonyl (C=O) groups is 2. The number of nitrogens with zero attached hydrogens (tertiary/aromatic N) is 1. The molecule has 0 aliphatic heterocycles. The number of rotatable bonds is 0. The third-order valence-electron chi connectivity index (χ3n) is 2.66. The van der Waals surface area contributed by atoms with Crippen molar-refractivity contribution in [2.24, 2.45) is 5.41 Å². The lowest BCUT2D eigenvalue weighted by Gasteiger charge is -2.16. The summed E-state index contributed by atoms with van der Waals surface area (Å²) in [5, 5.41) is 0.944. The molecule has 0 unspecified atom stereocenters. The monoisotopic (exact) mass is 260 g/mol. The highest BCUT2D eigenvalue weighted by atomic mass is 16.7. The number of fused-ring (bicyclic) bond motifs is 1. The van der Waals surface area contributed by atoms with Gasteiger partial charge >= 0.3 is 12.0 Å². The number of benzene rings is 1. The van der Waals surface area contributed by atoms with Crippen molar-refractivity contribution in [3.8, 4) is 0 Å². The Bertz CT molecular complexity index is 623.